The second-order valence-electron chi connectivity index (χ2n) is 9.02. The van der Waals surface area contributed by atoms with Crippen LogP contribution in [0.3, 0.4) is 0 Å². The minimum Gasteiger partial charge on any atom is -0.384 e. The third-order valence-corrected chi connectivity index (χ3v) is 5.90. The first kappa shape index (κ1) is 25.1. The van der Waals surface area contributed by atoms with Crippen molar-refractivity contribution in [1.82, 2.24) is 25.1 Å². The molecule has 0 radical (unpaired) electrons. The molecule has 0 atom stereocenters. The van der Waals surface area contributed by atoms with E-state index in [1.807, 2.05) is 55.5 Å². The zero-order valence-electron chi connectivity index (χ0n) is 20.9. The molecular formula is C29H35N7. The van der Waals surface area contributed by atoms with E-state index in [0.29, 0.717) is 23.3 Å². The quantitative estimate of drug-likeness (QED) is 0.309. The molecule has 0 spiro atoms. The van der Waals surface area contributed by atoms with Gasteiger partial charge < -0.3 is 11.1 Å². The van der Waals surface area contributed by atoms with Gasteiger partial charge in [-0.2, -0.15) is 5.10 Å². The van der Waals surface area contributed by atoms with E-state index in [-0.39, 0.29) is 0 Å². The number of nitrogens with one attached hydrogen (secondary N) is 2. The molecule has 0 amide bonds. The van der Waals surface area contributed by atoms with E-state index in [0.717, 1.165) is 17.8 Å². The SMILES string of the molecule is Cc1cc(Nc2cc(N)nc(/C=C/c3ccccc3)n2)n[nH]1.c1ccc(CN2CCCCCC2)cc1. The number of hydrogen-bond acceptors (Lipinski definition) is 6. The van der Waals surface area contributed by atoms with Gasteiger partial charge in [0.1, 0.15) is 11.6 Å². The first-order chi connectivity index (χ1) is 17.6. The lowest BCUT2D eigenvalue weighted by atomic mass is 10.2. The Kier molecular flexibility index (Phi) is 9.22. The first-order valence-corrected chi connectivity index (χ1v) is 12.6. The molecule has 1 aliphatic heterocycles. The maximum absolute atomic E-state index is 5.83. The summed E-state index contributed by atoms with van der Waals surface area (Å²) in [7, 11) is 0. The Morgan fingerprint density at radius 3 is 2.22 bits per heavy atom. The molecule has 7 heteroatoms. The Labute approximate surface area is 213 Å². The molecule has 2 aromatic heterocycles. The Morgan fingerprint density at radius 2 is 1.56 bits per heavy atom. The van der Waals surface area contributed by atoms with E-state index in [9.17, 15) is 0 Å². The lowest BCUT2D eigenvalue weighted by Gasteiger charge is -2.19. The number of aromatic nitrogens is 4. The van der Waals surface area contributed by atoms with Crippen molar-refractivity contribution < 1.29 is 0 Å². The van der Waals surface area contributed by atoms with E-state index in [2.05, 4.69) is 60.7 Å². The second kappa shape index (κ2) is 13.2. The largest absolute Gasteiger partial charge is 0.384 e. The van der Waals surface area contributed by atoms with Crippen LogP contribution in [0.15, 0.2) is 72.8 Å². The van der Waals surface area contributed by atoms with Crippen LogP contribution >= 0.6 is 0 Å². The molecule has 0 bridgehead atoms. The van der Waals surface area contributed by atoms with Crippen molar-refractivity contribution in [3.63, 3.8) is 0 Å². The number of likely N-dealkylation sites (tertiary alicyclic amines) is 1. The van der Waals surface area contributed by atoms with Crippen molar-refractivity contribution in [2.45, 2.75) is 39.2 Å². The number of benzene rings is 2. The molecule has 1 saturated heterocycles. The second-order valence-corrected chi connectivity index (χ2v) is 9.02. The number of nitrogen functional groups attached to an aromatic ring is 1. The van der Waals surface area contributed by atoms with Crippen LogP contribution in [0.1, 0.15) is 48.3 Å². The van der Waals surface area contributed by atoms with Gasteiger partial charge in [0.25, 0.3) is 0 Å². The summed E-state index contributed by atoms with van der Waals surface area (Å²) in [5.41, 5.74) is 9.33. The summed E-state index contributed by atoms with van der Waals surface area (Å²) in [5.74, 6) is 2.23. The van der Waals surface area contributed by atoms with Gasteiger partial charge in [-0.25, -0.2) is 9.97 Å². The van der Waals surface area contributed by atoms with Crippen LogP contribution in [0.4, 0.5) is 17.5 Å². The average molecular weight is 482 g/mol. The van der Waals surface area contributed by atoms with Gasteiger partial charge >= 0.3 is 0 Å². The lowest BCUT2D eigenvalue weighted by Crippen LogP contribution is -2.23. The van der Waals surface area contributed by atoms with Crippen LogP contribution < -0.4 is 11.1 Å². The standard InChI is InChI=1S/C16H16N6.C13H19N/c1-11-9-16(22-21-11)20-15-10-13(17)18-14(19-15)8-7-12-5-3-2-4-6-12;1-2-7-11-14(10-6-1)12-13-8-4-3-5-9-13/h2-10H,1H3,(H4,17,18,19,20,21,22);3-5,8-9H,1-2,6-7,10-12H2/b8-7+;. The summed E-state index contributed by atoms with van der Waals surface area (Å²) in [5, 5.41) is 10.1. The van der Waals surface area contributed by atoms with Crippen LogP contribution in [-0.4, -0.2) is 38.2 Å². The predicted octanol–water partition coefficient (Wildman–Crippen LogP) is 6.07. The third-order valence-electron chi connectivity index (χ3n) is 5.90. The molecule has 0 aliphatic carbocycles. The zero-order valence-corrected chi connectivity index (χ0v) is 20.9. The molecule has 5 rings (SSSR count). The Balaban J connectivity index is 0.000000187. The fraction of sp³-hybridized carbons (Fsp3) is 0.276. The average Bonchev–Trinajstić information content (AvgIpc) is 3.12. The van der Waals surface area contributed by atoms with E-state index in [4.69, 9.17) is 5.73 Å². The monoisotopic (exact) mass is 481 g/mol. The number of anilines is 3. The van der Waals surface area contributed by atoms with Crippen molar-refractivity contribution in [3.8, 4) is 0 Å². The summed E-state index contributed by atoms with van der Waals surface area (Å²) < 4.78 is 0. The van der Waals surface area contributed by atoms with Gasteiger partial charge in [-0.15, -0.1) is 0 Å². The number of aromatic amines is 1. The number of rotatable bonds is 6. The molecule has 2 aromatic carbocycles. The van der Waals surface area contributed by atoms with Gasteiger partial charge in [0, 0.05) is 24.4 Å². The lowest BCUT2D eigenvalue weighted by molar-refractivity contribution is 0.277. The number of H-pyrrole nitrogens is 1. The van der Waals surface area contributed by atoms with Gasteiger partial charge in [0.05, 0.1) is 0 Å². The van der Waals surface area contributed by atoms with Gasteiger partial charge in [-0.05, 0) is 50.1 Å². The van der Waals surface area contributed by atoms with E-state index in [1.54, 1.807) is 6.07 Å². The molecule has 3 heterocycles. The minimum absolute atomic E-state index is 0.400. The van der Waals surface area contributed by atoms with Gasteiger partial charge in [-0.1, -0.05) is 79.6 Å². The number of nitrogens with zero attached hydrogens (tertiary/aromatic N) is 4. The maximum Gasteiger partial charge on any atom is 0.156 e. The Hall–Kier alpha value is -3.97. The summed E-state index contributed by atoms with van der Waals surface area (Å²) in [6.07, 6.45) is 9.38. The highest BCUT2D eigenvalue weighted by molar-refractivity contribution is 5.68. The summed E-state index contributed by atoms with van der Waals surface area (Å²) in [6, 6.07) is 24.3. The van der Waals surface area contributed by atoms with Crippen molar-refractivity contribution in [2.24, 2.45) is 0 Å². The molecule has 4 N–H and O–H groups in total. The normalized spacial score (nSPS) is 14.1. The van der Waals surface area contributed by atoms with Gasteiger partial charge in [-0.3, -0.25) is 10.00 Å². The van der Waals surface area contributed by atoms with E-state index >= 15 is 0 Å². The highest BCUT2D eigenvalue weighted by Gasteiger charge is 2.08. The number of nitrogens with two attached hydrogens (primary N) is 1. The minimum atomic E-state index is 0.400. The van der Waals surface area contributed by atoms with Crippen LogP contribution in [0.2, 0.25) is 0 Å². The molecule has 0 saturated carbocycles. The topological polar surface area (TPSA) is 95.7 Å². The smallest absolute Gasteiger partial charge is 0.156 e. The van der Waals surface area contributed by atoms with Crippen LogP contribution in [0.25, 0.3) is 12.2 Å². The zero-order chi connectivity index (χ0) is 25.0. The van der Waals surface area contributed by atoms with Crippen molar-refractivity contribution in [1.29, 1.82) is 0 Å². The molecular weight excluding hydrogens is 446 g/mol. The molecule has 1 aliphatic rings. The molecule has 7 nitrogen and oxygen atoms in total. The molecule has 0 unspecified atom stereocenters. The van der Waals surface area contributed by atoms with E-state index < -0.39 is 0 Å². The molecule has 1 fully saturated rings. The highest BCUT2D eigenvalue weighted by Crippen LogP contribution is 2.16. The summed E-state index contributed by atoms with van der Waals surface area (Å²) in [6.45, 7) is 5.64. The first-order valence-electron chi connectivity index (χ1n) is 12.6. The predicted molar refractivity (Wildman–Crippen MR) is 149 cm³/mol. The van der Waals surface area contributed by atoms with Gasteiger partial charge in [0.2, 0.25) is 0 Å². The number of aryl methyl sites for hydroxylation is 1. The summed E-state index contributed by atoms with van der Waals surface area (Å²) >= 11 is 0. The van der Waals surface area contributed by atoms with Crippen LogP contribution in [0.5, 0.6) is 0 Å². The number of hydrogen-bond donors (Lipinski definition) is 3. The van der Waals surface area contributed by atoms with Crippen LogP contribution in [-0.2, 0) is 6.54 Å². The highest BCUT2D eigenvalue weighted by atomic mass is 15.2. The fourth-order valence-corrected chi connectivity index (χ4v) is 4.11. The van der Waals surface area contributed by atoms with Crippen molar-refractivity contribution >= 4 is 29.6 Å². The van der Waals surface area contributed by atoms with Crippen molar-refractivity contribution in [3.05, 3.63) is 95.4 Å². The molecule has 186 valence electrons. The Morgan fingerprint density at radius 1 is 0.861 bits per heavy atom. The van der Waals surface area contributed by atoms with Gasteiger partial charge in [0.15, 0.2) is 11.6 Å². The van der Waals surface area contributed by atoms with Crippen molar-refractivity contribution in [2.75, 3.05) is 24.1 Å². The third kappa shape index (κ3) is 8.36. The van der Waals surface area contributed by atoms with Crippen LogP contribution in [0, 0.1) is 6.92 Å². The molecule has 36 heavy (non-hydrogen) atoms. The fourth-order valence-electron chi connectivity index (χ4n) is 4.11. The summed E-state index contributed by atoms with van der Waals surface area (Å²) in [4.78, 5) is 11.2. The maximum atomic E-state index is 5.83. The van der Waals surface area contributed by atoms with E-state index in [1.165, 1.54) is 44.3 Å². The molecule has 4 aromatic rings. The Bertz CT molecular complexity index is 1210.